The highest BCUT2D eigenvalue weighted by atomic mass is 32.2. The van der Waals surface area contributed by atoms with Crippen molar-refractivity contribution in [2.45, 2.75) is 56.8 Å². The Morgan fingerprint density at radius 2 is 1.97 bits per heavy atom. The molecule has 1 saturated heterocycles. The van der Waals surface area contributed by atoms with Crippen LogP contribution in [0.15, 0.2) is 44.9 Å². The fraction of sp³-hybridized carbons (Fsp3) is 0.542. The molecule has 1 aromatic rings. The molecule has 0 amide bonds. The molecule has 4 nitrogen and oxygen atoms in total. The zero-order valence-electron chi connectivity index (χ0n) is 17.7. The van der Waals surface area contributed by atoms with Gasteiger partial charge in [-0.3, -0.25) is 4.99 Å². The first-order valence-electron chi connectivity index (χ1n) is 11.0. The topological polar surface area (TPSA) is 49.7 Å². The van der Waals surface area contributed by atoms with E-state index in [1.165, 1.54) is 51.6 Å². The van der Waals surface area contributed by atoms with E-state index in [1.807, 2.05) is 12.1 Å². The average Bonchev–Trinajstić information content (AvgIpc) is 2.90. The number of benzene rings is 1. The van der Waals surface area contributed by atoms with Gasteiger partial charge in [0, 0.05) is 43.6 Å². The van der Waals surface area contributed by atoms with E-state index >= 15 is 0 Å². The van der Waals surface area contributed by atoms with Crippen LogP contribution in [0.2, 0.25) is 0 Å². The van der Waals surface area contributed by atoms with Gasteiger partial charge in [0.25, 0.3) is 0 Å². The number of nitrogens with zero attached hydrogens (tertiary/aromatic N) is 2. The first-order chi connectivity index (χ1) is 14.0. The molecule has 156 valence electrons. The highest BCUT2D eigenvalue weighted by Crippen LogP contribution is 2.40. The number of hydrogen-bond acceptors (Lipinski definition) is 4. The van der Waals surface area contributed by atoms with Gasteiger partial charge in [-0.05, 0) is 68.0 Å². The molecule has 0 radical (unpaired) electrons. The van der Waals surface area contributed by atoms with Crippen molar-refractivity contribution in [1.82, 2.24) is 4.90 Å². The molecule has 1 aliphatic carbocycles. The number of likely N-dealkylation sites (tertiary alicyclic amines) is 1. The Labute approximate surface area is 175 Å². The summed E-state index contributed by atoms with van der Waals surface area (Å²) < 4.78 is 23.9. The lowest BCUT2D eigenvalue weighted by Crippen LogP contribution is -2.32. The second-order valence-electron chi connectivity index (χ2n) is 8.63. The van der Waals surface area contributed by atoms with Crippen LogP contribution in [0.5, 0.6) is 0 Å². The van der Waals surface area contributed by atoms with E-state index in [1.54, 1.807) is 17.2 Å². The Bertz CT molecular complexity index is 963. The second kappa shape index (κ2) is 8.57. The zero-order chi connectivity index (χ0) is 20.4. The highest BCUT2D eigenvalue weighted by Gasteiger charge is 2.28. The third kappa shape index (κ3) is 4.56. The number of piperidine rings is 1. The fourth-order valence-electron chi connectivity index (χ4n) is 4.89. The van der Waals surface area contributed by atoms with Gasteiger partial charge in [0.2, 0.25) is 0 Å². The van der Waals surface area contributed by atoms with Gasteiger partial charge in [-0.2, -0.15) is 0 Å². The largest absolute Gasteiger partial charge is 0.303 e. The lowest BCUT2D eigenvalue weighted by atomic mass is 9.82. The van der Waals surface area contributed by atoms with Crippen molar-refractivity contribution in [2.75, 3.05) is 25.9 Å². The van der Waals surface area contributed by atoms with Crippen molar-refractivity contribution in [2.24, 2.45) is 10.9 Å². The molecule has 1 unspecified atom stereocenters. The van der Waals surface area contributed by atoms with Crippen LogP contribution in [0, 0.1) is 5.92 Å². The summed E-state index contributed by atoms with van der Waals surface area (Å²) in [6.45, 7) is 5.85. The van der Waals surface area contributed by atoms with Gasteiger partial charge in [-0.1, -0.05) is 30.6 Å². The number of sulfone groups is 1. The SMILES string of the molecule is CCCCN1CCC(=C2CC=NC3=Cc4ccc(S(C)(=O)=O)cc4CCC32)CC1. The Morgan fingerprint density at radius 1 is 1.17 bits per heavy atom. The van der Waals surface area contributed by atoms with Gasteiger partial charge in [0.1, 0.15) is 0 Å². The number of aliphatic imine (C=N–C) groups is 1. The predicted molar refractivity (Wildman–Crippen MR) is 120 cm³/mol. The molecule has 3 aliphatic rings. The first-order valence-corrected chi connectivity index (χ1v) is 12.8. The molecule has 29 heavy (non-hydrogen) atoms. The molecule has 1 atom stereocenters. The van der Waals surface area contributed by atoms with Crippen molar-refractivity contribution in [1.29, 1.82) is 0 Å². The maximum atomic E-state index is 12.0. The zero-order valence-corrected chi connectivity index (χ0v) is 18.5. The summed E-state index contributed by atoms with van der Waals surface area (Å²) in [6.07, 6.45) is 13.3. The molecular formula is C24H32N2O2S. The van der Waals surface area contributed by atoms with Crippen molar-refractivity contribution in [3.63, 3.8) is 0 Å². The number of hydrogen-bond donors (Lipinski definition) is 0. The number of rotatable bonds is 4. The molecule has 1 fully saturated rings. The highest BCUT2D eigenvalue weighted by molar-refractivity contribution is 7.90. The monoisotopic (exact) mass is 412 g/mol. The molecule has 0 N–H and O–H groups in total. The van der Waals surface area contributed by atoms with Gasteiger partial charge < -0.3 is 4.90 Å². The smallest absolute Gasteiger partial charge is 0.175 e. The maximum Gasteiger partial charge on any atom is 0.175 e. The fourth-order valence-corrected chi connectivity index (χ4v) is 5.56. The van der Waals surface area contributed by atoms with Crippen molar-refractivity contribution in [3.8, 4) is 0 Å². The van der Waals surface area contributed by atoms with Gasteiger partial charge in [0.15, 0.2) is 9.84 Å². The van der Waals surface area contributed by atoms with Crippen LogP contribution in [0.4, 0.5) is 0 Å². The number of unbranched alkanes of at least 4 members (excludes halogenated alkanes) is 1. The van der Waals surface area contributed by atoms with Crippen LogP contribution < -0.4 is 0 Å². The minimum absolute atomic E-state index is 0.381. The van der Waals surface area contributed by atoms with E-state index in [9.17, 15) is 8.42 Å². The van der Waals surface area contributed by atoms with Gasteiger partial charge in [-0.15, -0.1) is 0 Å². The van der Waals surface area contributed by atoms with E-state index < -0.39 is 9.84 Å². The summed E-state index contributed by atoms with van der Waals surface area (Å²) in [6, 6.07) is 5.54. The van der Waals surface area contributed by atoms with Crippen LogP contribution in [0.3, 0.4) is 0 Å². The predicted octanol–water partition coefficient (Wildman–Crippen LogP) is 4.66. The van der Waals surface area contributed by atoms with Crippen LogP contribution in [-0.4, -0.2) is 45.4 Å². The molecule has 0 bridgehead atoms. The lowest BCUT2D eigenvalue weighted by Gasteiger charge is -2.33. The van der Waals surface area contributed by atoms with E-state index in [0.29, 0.717) is 10.8 Å². The summed E-state index contributed by atoms with van der Waals surface area (Å²) in [7, 11) is -3.18. The minimum atomic E-state index is -3.18. The van der Waals surface area contributed by atoms with E-state index in [2.05, 4.69) is 24.1 Å². The van der Waals surface area contributed by atoms with E-state index in [-0.39, 0.29) is 0 Å². The normalized spacial score (nSPS) is 22.7. The van der Waals surface area contributed by atoms with Crippen LogP contribution in [0.25, 0.3) is 6.08 Å². The third-order valence-corrected chi connectivity index (χ3v) is 7.73. The van der Waals surface area contributed by atoms with E-state index in [4.69, 9.17) is 4.99 Å². The Balaban J connectivity index is 1.57. The lowest BCUT2D eigenvalue weighted by molar-refractivity contribution is 0.251. The van der Waals surface area contributed by atoms with E-state index in [0.717, 1.165) is 36.1 Å². The minimum Gasteiger partial charge on any atom is -0.303 e. The van der Waals surface area contributed by atoms with Crippen LogP contribution >= 0.6 is 0 Å². The van der Waals surface area contributed by atoms with Crippen LogP contribution in [-0.2, 0) is 16.3 Å². The molecule has 2 heterocycles. The molecule has 2 aliphatic heterocycles. The summed E-state index contributed by atoms with van der Waals surface area (Å²) in [4.78, 5) is 7.78. The molecule has 1 aromatic carbocycles. The summed E-state index contributed by atoms with van der Waals surface area (Å²) in [5.41, 5.74) is 6.62. The van der Waals surface area contributed by atoms with Gasteiger partial charge in [0.05, 0.1) is 4.90 Å². The Kier molecular flexibility index (Phi) is 6.07. The Hall–Kier alpha value is -1.72. The summed E-state index contributed by atoms with van der Waals surface area (Å²) in [5.74, 6) is 0.381. The van der Waals surface area contributed by atoms with Gasteiger partial charge in [-0.25, -0.2) is 8.42 Å². The first kappa shape index (κ1) is 20.5. The molecule has 0 aromatic heterocycles. The van der Waals surface area contributed by atoms with Crippen LogP contribution in [0.1, 0.15) is 56.6 Å². The second-order valence-corrected chi connectivity index (χ2v) is 10.6. The molecule has 0 saturated carbocycles. The molecule has 5 heteroatoms. The quantitative estimate of drug-likeness (QED) is 0.676. The van der Waals surface area contributed by atoms with Crippen molar-refractivity contribution < 1.29 is 8.42 Å². The molecule has 0 spiro atoms. The number of allylic oxidation sites excluding steroid dienone is 1. The number of aryl methyl sites for hydroxylation is 1. The Morgan fingerprint density at radius 3 is 2.69 bits per heavy atom. The summed E-state index contributed by atoms with van der Waals surface area (Å²) in [5, 5.41) is 0. The van der Waals surface area contributed by atoms with Gasteiger partial charge >= 0.3 is 0 Å². The molecular weight excluding hydrogens is 380 g/mol. The molecule has 4 rings (SSSR count). The van der Waals surface area contributed by atoms with Crippen molar-refractivity contribution >= 4 is 22.1 Å². The summed E-state index contributed by atoms with van der Waals surface area (Å²) >= 11 is 0. The number of fused-ring (bicyclic) bond motifs is 2. The third-order valence-electron chi connectivity index (χ3n) is 6.62. The van der Waals surface area contributed by atoms with Crippen molar-refractivity contribution in [3.05, 3.63) is 46.2 Å². The average molecular weight is 413 g/mol. The standard InChI is InChI=1S/C24H32N2O2S/c1-3-4-13-26-14-10-18(11-15-26)22-9-12-25-24-17-20-5-7-21(29(2,27)28)16-19(20)6-8-23(22)24/h5,7,12,16-17,23H,3-4,6,8-11,13-15H2,1-2H3. The maximum absolute atomic E-state index is 12.0.